The van der Waals surface area contributed by atoms with Crippen LogP contribution in [0.5, 0.6) is 0 Å². The topological polar surface area (TPSA) is 36.4 Å². The van der Waals surface area contributed by atoms with Gasteiger partial charge in [0.25, 0.3) is 0 Å². The number of nitrogens with zero attached hydrogens (tertiary/aromatic N) is 2. The largest absolute Gasteiger partial charge is 0.386 e. The molecule has 0 amide bonds. The molecule has 0 bridgehead atoms. The first-order valence-corrected chi connectivity index (χ1v) is 5.27. The molecule has 1 N–H and O–H groups in total. The normalized spacial score (nSPS) is 23.7. The molecule has 0 spiro atoms. The molecule has 3 rings (SSSR count). The molecule has 0 aromatic carbocycles. The van der Waals surface area contributed by atoms with E-state index in [1.807, 2.05) is 0 Å². The molecule has 3 nitrogen and oxygen atoms in total. The van der Waals surface area contributed by atoms with Crippen LogP contribution in [-0.4, -0.2) is 28.8 Å². The number of anilines is 1. The van der Waals surface area contributed by atoms with Gasteiger partial charge in [0.05, 0.1) is 13.1 Å². The molecule has 1 saturated carbocycles. The van der Waals surface area contributed by atoms with Crippen molar-refractivity contribution in [2.24, 2.45) is 5.92 Å². The van der Waals surface area contributed by atoms with Crippen LogP contribution in [0, 0.1) is 11.7 Å². The van der Waals surface area contributed by atoms with Gasteiger partial charge >= 0.3 is 0 Å². The van der Waals surface area contributed by atoms with Crippen LogP contribution >= 0.6 is 0 Å². The van der Waals surface area contributed by atoms with Gasteiger partial charge in [0.15, 0.2) is 11.6 Å². The lowest BCUT2D eigenvalue weighted by Gasteiger charge is -2.47. The van der Waals surface area contributed by atoms with Crippen LogP contribution in [0.3, 0.4) is 0 Å². The van der Waals surface area contributed by atoms with E-state index in [0.29, 0.717) is 24.8 Å². The molecule has 0 unspecified atom stereocenters. The van der Waals surface area contributed by atoms with E-state index >= 15 is 0 Å². The van der Waals surface area contributed by atoms with Crippen molar-refractivity contribution in [3.05, 3.63) is 24.1 Å². The maximum atomic E-state index is 13.3. The summed E-state index contributed by atoms with van der Waals surface area (Å²) in [4.78, 5) is 5.78. The Labute approximate surface area is 87.5 Å². The molecule has 1 aromatic heterocycles. The minimum Gasteiger partial charge on any atom is -0.386 e. The Balaban J connectivity index is 1.74. The van der Waals surface area contributed by atoms with Gasteiger partial charge in [-0.25, -0.2) is 9.37 Å². The Morgan fingerprint density at radius 2 is 2.20 bits per heavy atom. The van der Waals surface area contributed by atoms with Crippen LogP contribution < -0.4 is 4.90 Å². The molecule has 15 heavy (non-hydrogen) atoms. The highest BCUT2D eigenvalue weighted by Gasteiger charge is 2.52. The predicted octanol–water partition coefficient (Wildman–Crippen LogP) is 1.18. The maximum absolute atomic E-state index is 13.3. The Kier molecular flexibility index (Phi) is 1.77. The first-order chi connectivity index (χ1) is 7.19. The van der Waals surface area contributed by atoms with E-state index in [0.717, 1.165) is 12.8 Å². The lowest BCUT2D eigenvalue weighted by atomic mass is 9.89. The highest BCUT2D eigenvalue weighted by molar-refractivity contribution is 5.45. The van der Waals surface area contributed by atoms with Crippen LogP contribution in [0.25, 0.3) is 0 Å². The Morgan fingerprint density at radius 1 is 1.47 bits per heavy atom. The summed E-state index contributed by atoms with van der Waals surface area (Å²) in [5.41, 5.74) is -0.579. The molecule has 1 aliphatic heterocycles. The monoisotopic (exact) mass is 208 g/mol. The van der Waals surface area contributed by atoms with Crippen LogP contribution in [-0.2, 0) is 0 Å². The van der Waals surface area contributed by atoms with E-state index in [-0.39, 0.29) is 5.82 Å². The fraction of sp³-hybridized carbons (Fsp3) is 0.545. The second-order valence-corrected chi connectivity index (χ2v) is 4.54. The minimum absolute atomic E-state index is 0.310. The van der Waals surface area contributed by atoms with Gasteiger partial charge in [-0.2, -0.15) is 0 Å². The second kappa shape index (κ2) is 2.92. The molecular weight excluding hydrogens is 195 g/mol. The summed E-state index contributed by atoms with van der Waals surface area (Å²) in [6.45, 7) is 1.04. The zero-order valence-corrected chi connectivity index (χ0v) is 8.36. The van der Waals surface area contributed by atoms with E-state index < -0.39 is 5.60 Å². The van der Waals surface area contributed by atoms with Gasteiger partial charge in [-0.3, -0.25) is 0 Å². The first-order valence-electron chi connectivity index (χ1n) is 5.27. The van der Waals surface area contributed by atoms with E-state index in [9.17, 15) is 9.50 Å². The Bertz CT molecular complexity index is 386. The van der Waals surface area contributed by atoms with Crippen molar-refractivity contribution in [2.75, 3.05) is 18.0 Å². The number of halogens is 1. The summed E-state index contributed by atoms with van der Waals surface area (Å²) in [6.07, 6.45) is 3.79. The van der Waals surface area contributed by atoms with Crippen molar-refractivity contribution in [3.63, 3.8) is 0 Å². The molecule has 2 fully saturated rings. The SMILES string of the molecule is OC1(C2CC2)CN(c2ncccc2F)C1. The number of rotatable bonds is 2. The molecule has 4 heteroatoms. The average Bonchev–Trinajstić information content (AvgIpc) is 2.97. The smallest absolute Gasteiger partial charge is 0.165 e. The summed E-state index contributed by atoms with van der Waals surface area (Å²) in [7, 11) is 0. The fourth-order valence-corrected chi connectivity index (χ4v) is 2.25. The molecule has 1 saturated heterocycles. The van der Waals surface area contributed by atoms with Gasteiger partial charge in [-0.15, -0.1) is 0 Å². The van der Waals surface area contributed by atoms with Crippen molar-refractivity contribution >= 4 is 5.82 Å². The molecule has 2 aliphatic rings. The summed E-state index contributed by atoms with van der Waals surface area (Å²) in [5.74, 6) is 0.485. The predicted molar refractivity (Wildman–Crippen MR) is 54.1 cm³/mol. The maximum Gasteiger partial charge on any atom is 0.165 e. The van der Waals surface area contributed by atoms with Crippen molar-refractivity contribution in [1.29, 1.82) is 0 Å². The third kappa shape index (κ3) is 1.40. The Morgan fingerprint density at radius 3 is 2.80 bits per heavy atom. The van der Waals surface area contributed by atoms with E-state index in [4.69, 9.17) is 0 Å². The van der Waals surface area contributed by atoms with Crippen molar-refractivity contribution in [2.45, 2.75) is 18.4 Å². The van der Waals surface area contributed by atoms with Crippen LogP contribution in [0.1, 0.15) is 12.8 Å². The molecule has 1 aliphatic carbocycles. The van der Waals surface area contributed by atoms with E-state index in [1.54, 1.807) is 17.2 Å². The van der Waals surface area contributed by atoms with Crippen molar-refractivity contribution < 1.29 is 9.50 Å². The summed E-state index contributed by atoms with van der Waals surface area (Å²) < 4.78 is 13.3. The number of hydrogen-bond acceptors (Lipinski definition) is 3. The lowest BCUT2D eigenvalue weighted by Crippen LogP contribution is -2.63. The summed E-state index contributed by atoms with van der Waals surface area (Å²) in [5, 5.41) is 10.1. The average molecular weight is 208 g/mol. The highest BCUT2D eigenvalue weighted by Crippen LogP contribution is 2.45. The van der Waals surface area contributed by atoms with Gasteiger partial charge in [0, 0.05) is 6.20 Å². The molecule has 80 valence electrons. The molecule has 0 atom stereocenters. The standard InChI is InChI=1S/C11H13FN2O/c12-9-2-1-5-13-10(9)14-6-11(15,7-14)8-3-4-8/h1-2,5,8,15H,3-4,6-7H2. The Hall–Kier alpha value is -1.16. The second-order valence-electron chi connectivity index (χ2n) is 4.54. The van der Waals surface area contributed by atoms with E-state index in [1.165, 1.54) is 6.07 Å². The molecule has 0 radical (unpaired) electrons. The molecule has 2 heterocycles. The number of aromatic nitrogens is 1. The van der Waals surface area contributed by atoms with Gasteiger partial charge < -0.3 is 10.0 Å². The lowest BCUT2D eigenvalue weighted by molar-refractivity contribution is -0.0101. The zero-order valence-electron chi connectivity index (χ0n) is 8.36. The van der Waals surface area contributed by atoms with Gasteiger partial charge in [0.1, 0.15) is 5.60 Å². The van der Waals surface area contributed by atoms with Crippen LogP contribution in [0.4, 0.5) is 10.2 Å². The zero-order chi connectivity index (χ0) is 10.5. The third-order valence-electron chi connectivity index (χ3n) is 3.31. The number of hydrogen-bond donors (Lipinski definition) is 1. The van der Waals surface area contributed by atoms with Gasteiger partial charge in [-0.1, -0.05) is 0 Å². The fourth-order valence-electron chi connectivity index (χ4n) is 2.25. The molecule has 1 aromatic rings. The number of β-amino-alcohol motifs (C(OH)–C–C–N with tert-alkyl or cyclic N) is 1. The van der Waals surface area contributed by atoms with Gasteiger partial charge in [0.2, 0.25) is 0 Å². The first kappa shape index (κ1) is 9.09. The third-order valence-corrected chi connectivity index (χ3v) is 3.31. The van der Waals surface area contributed by atoms with Crippen LogP contribution in [0.2, 0.25) is 0 Å². The summed E-state index contributed by atoms with van der Waals surface area (Å²) >= 11 is 0. The van der Waals surface area contributed by atoms with E-state index in [2.05, 4.69) is 4.98 Å². The van der Waals surface area contributed by atoms with Crippen LogP contribution in [0.15, 0.2) is 18.3 Å². The molecular formula is C11H13FN2O. The van der Waals surface area contributed by atoms with Crippen molar-refractivity contribution in [3.8, 4) is 0 Å². The van der Waals surface area contributed by atoms with Gasteiger partial charge in [-0.05, 0) is 30.9 Å². The van der Waals surface area contributed by atoms with Crippen molar-refractivity contribution in [1.82, 2.24) is 4.98 Å². The summed E-state index contributed by atoms with van der Waals surface area (Å²) in [6, 6.07) is 2.97. The number of pyridine rings is 1. The quantitative estimate of drug-likeness (QED) is 0.793. The number of aliphatic hydroxyl groups is 1. The highest BCUT2D eigenvalue weighted by atomic mass is 19.1. The minimum atomic E-state index is -0.579.